The quantitative estimate of drug-likeness (QED) is 0.0159. The molecule has 1 aromatic carbocycles. The molecule has 28 heteroatoms. The normalized spacial score (nSPS) is 28.4. The average Bonchev–Trinajstić information content (AvgIpc) is 1.61. The average molecular weight is 1930 g/mol. The second kappa shape index (κ2) is 68.3. The first kappa shape index (κ1) is 122. The zero-order valence-electron chi connectivity index (χ0n) is 84.2. The number of ether oxygens (including phenoxy) is 13. The van der Waals surface area contributed by atoms with Crippen LogP contribution < -0.4 is 0 Å². The molecular weight excluding hydrogens is 1760 g/mol. The molecule has 20 unspecified atom stereocenters. The molecule has 772 valence electrons. The van der Waals surface area contributed by atoms with E-state index in [-0.39, 0.29) is 112 Å². The third kappa shape index (κ3) is 48.7. The Morgan fingerprint density at radius 2 is 0.818 bits per heavy atom. The molecule has 28 nitrogen and oxygen atoms in total. The van der Waals surface area contributed by atoms with Crippen molar-refractivity contribution >= 4 is 65.3 Å². The summed E-state index contributed by atoms with van der Waals surface area (Å²) in [7, 11) is 0. The maximum absolute atomic E-state index is 12.4. The van der Waals surface area contributed by atoms with E-state index in [1.807, 2.05) is 34.6 Å². The van der Waals surface area contributed by atoms with E-state index in [1.54, 1.807) is 38.5 Å². The summed E-state index contributed by atoms with van der Waals surface area (Å²) in [6, 6.07) is 8.36. The van der Waals surface area contributed by atoms with Crippen molar-refractivity contribution in [2.75, 3.05) is 72.7 Å². The molecule has 11 rings (SSSR count). The number of carbonyl (C=O) groups excluding carboxylic acids is 11. The zero-order chi connectivity index (χ0) is 102. The van der Waals surface area contributed by atoms with Crippen molar-refractivity contribution in [3.63, 3.8) is 0 Å². The molecule has 10 aliphatic rings. The van der Waals surface area contributed by atoms with Crippen LogP contribution in [0.1, 0.15) is 260 Å². The molecule has 2 bridgehead atoms. The lowest BCUT2D eigenvalue weighted by atomic mass is 9.82. The number of esters is 9. The van der Waals surface area contributed by atoms with Gasteiger partial charge in [-0.15, -0.1) is 0 Å². The number of aliphatic hydroxyl groups is 4. The zero-order valence-corrected chi connectivity index (χ0v) is 84.2. The minimum atomic E-state index is -0.812. The molecule has 0 aromatic heterocycles. The van der Waals surface area contributed by atoms with E-state index in [2.05, 4.69) is 131 Å². The van der Waals surface area contributed by atoms with E-state index in [9.17, 15) is 73.2 Å². The van der Waals surface area contributed by atoms with Crippen molar-refractivity contribution in [2.45, 2.75) is 317 Å². The van der Waals surface area contributed by atoms with Gasteiger partial charge in [0.05, 0.1) is 68.8 Å². The molecule has 1 saturated heterocycles. The lowest BCUT2D eigenvalue weighted by Gasteiger charge is -2.43. The van der Waals surface area contributed by atoms with Crippen LogP contribution in [0.5, 0.6) is 0 Å². The number of benzene rings is 1. The molecule has 0 spiro atoms. The summed E-state index contributed by atoms with van der Waals surface area (Å²) in [5.74, 6) is 3.59. The van der Waals surface area contributed by atoms with Gasteiger partial charge in [-0.05, 0) is 251 Å². The van der Waals surface area contributed by atoms with Crippen molar-refractivity contribution in [3.05, 3.63) is 149 Å². The maximum atomic E-state index is 12.4. The molecule has 1 aliphatic heterocycles. The van der Waals surface area contributed by atoms with Gasteiger partial charge in [0.2, 0.25) is 0 Å². The van der Waals surface area contributed by atoms with Gasteiger partial charge < -0.3 is 82.0 Å². The smallest absolute Gasteiger partial charge is 0.330 e. The van der Waals surface area contributed by atoms with Gasteiger partial charge in [0.1, 0.15) is 50.8 Å². The van der Waals surface area contributed by atoms with E-state index in [0.29, 0.717) is 110 Å². The van der Waals surface area contributed by atoms with E-state index >= 15 is 0 Å². The van der Waals surface area contributed by atoms with Gasteiger partial charge in [0.25, 0.3) is 0 Å². The number of hydrogen-bond donors (Lipinski definition) is 4. The molecule has 0 amide bonds. The Hall–Kier alpha value is -8.87. The maximum Gasteiger partial charge on any atom is 0.330 e. The highest BCUT2D eigenvalue weighted by molar-refractivity contribution is 5.90. The van der Waals surface area contributed by atoms with Crippen LogP contribution in [0.3, 0.4) is 0 Å². The molecule has 1 aromatic rings. The Kier molecular flexibility index (Phi) is 60.9. The predicted molar refractivity (Wildman–Crippen MR) is 524 cm³/mol. The Labute approximate surface area is 816 Å². The van der Waals surface area contributed by atoms with Crippen LogP contribution >= 0.6 is 0 Å². The SMILES string of the molecule is C1CC2C3CCC(C3)C2C1.C=CC(=O)COCC.C=CC(=O)COCC.C=CC(=O)OC1CC(COC(=O)C2CCC(O)C(OC(=O)C=C)C2)CCC1O.C=CC(=O)OC1CCC(COC(=O)CCCCC(=O)OCC2CCC(OC(=O)C=C)C(O)C2)CC1O.C=CC(=O)OCC1(CC)COC(C(C)(C)COC(=O)C=C)OC1.CC1CC=CCC1C.CC1CCCCC1C.Cc1ccccc1C. The van der Waals surface area contributed by atoms with Crippen LogP contribution in [-0.2, 0) is 114 Å². The molecule has 8 saturated carbocycles. The highest BCUT2D eigenvalue weighted by Gasteiger charge is 2.49. The Balaban J connectivity index is 0.000000425. The van der Waals surface area contributed by atoms with E-state index in [0.717, 1.165) is 66.5 Å². The predicted octanol–water partition coefficient (Wildman–Crippen LogP) is 17.6. The minimum Gasteiger partial charge on any atom is -0.465 e. The topological polar surface area (TPSA) is 389 Å². The molecule has 4 N–H and O–H groups in total. The standard InChI is InChI=1S/C26H38O10.C20H28O8.C17H26O6.C10H16.C8H16.C8H14.C8H10.2C6H10O2/c1-3-23(29)35-21-11-9-17(13-19(21)27)15-33-25(31)7-5-6-8-26(32)34-16-18-10-12-22(20(28)14-18)36-24(30)4-2;1-3-18(23)27-16-9-12(5-7-14(16)21)11-26-20(25)13-6-8-15(22)17(10-13)28-19(24)4-2;1-6-13(18)20-9-16(4,5)15-22-11-17(8-3,12-23-15)10-21-14(19)7-2;1-2-9-7-4-5-8(6-7)10(9)3-1;3*1-7-5-3-4-6-8(7)2;2*1-3-6(7)5-8-4-2/h3-4,17-22,27-28H,1-2,5-16H2;3-4,12-17,21-22H,1-2,5-11H2;6-7,15H,1-2,8-12H2,3-5H3;7-10H,1-6H2;7-8H,3-6H2,1-2H3;3-4,7-8H,5-6H2,1-2H3;3-6H,1-2H3;2*3H,1,4-5H2,2H3. The number of rotatable bonds is 36. The van der Waals surface area contributed by atoms with Crippen molar-refractivity contribution in [3.8, 4) is 0 Å². The van der Waals surface area contributed by atoms with E-state index < -0.39 is 108 Å². The Morgan fingerprint density at radius 3 is 1.20 bits per heavy atom. The lowest BCUT2D eigenvalue weighted by Crippen LogP contribution is -2.50. The number of fused-ring (bicyclic) bond motifs is 5. The van der Waals surface area contributed by atoms with Gasteiger partial charge in [-0.3, -0.25) is 24.0 Å². The summed E-state index contributed by atoms with van der Waals surface area (Å²) >= 11 is 0. The first-order valence-corrected chi connectivity index (χ1v) is 49.8. The number of hydrogen-bond acceptors (Lipinski definition) is 28. The fourth-order valence-electron chi connectivity index (χ4n) is 18.0. The number of ketones is 2. The van der Waals surface area contributed by atoms with Gasteiger partial charge in [-0.1, -0.05) is 170 Å². The van der Waals surface area contributed by atoms with Crippen molar-refractivity contribution in [2.24, 2.45) is 81.8 Å². The van der Waals surface area contributed by atoms with Crippen LogP contribution in [-0.4, -0.2) is 214 Å². The number of carbonyl (C=O) groups is 11. The first-order chi connectivity index (χ1) is 65.3. The van der Waals surface area contributed by atoms with Crippen LogP contribution in [0.4, 0.5) is 0 Å². The fourth-order valence-corrected chi connectivity index (χ4v) is 18.0. The summed E-state index contributed by atoms with van der Waals surface area (Å²) in [5.41, 5.74) is 1.86. The van der Waals surface area contributed by atoms with Crippen LogP contribution in [0.25, 0.3) is 0 Å². The Morgan fingerprint density at radius 1 is 0.423 bits per heavy atom. The fraction of sp³-hybridized carbons (Fsp3) is 0.679. The third-order valence-corrected chi connectivity index (χ3v) is 27.6. The van der Waals surface area contributed by atoms with Gasteiger partial charge in [0, 0.05) is 74.3 Å². The Bertz CT molecular complexity index is 3740. The van der Waals surface area contributed by atoms with Gasteiger partial charge in [0.15, 0.2) is 17.9 Å². The summed E-state index contributed by atoms with van der Waals surface area (Å²) in [5, 5.41) is 40.2. The van der Waals surface area contributed by atoms with Gasteiger partial charge >= 0.3 is 53.7 Å². The van der Waals surface area contributed by atoms with E-state index in [1.165, 1.54) is 85.5 Å². The van der Waals surface area contributed by atoms with Crippen molar-refractivity contribution in [1.82, 2.24) is 0 Å². The second-order valence-corrected chi connectivity index (χ2v) is 38.6. The minimum absolute atomic E-state index is 0.000216. The summed E-state index contributed by atoms with van der Waals surface area (Å²) < 4.78 is 67.9. The van der Waals surface area contributed by atoms with Crippen LogP contribution in [0.15, 0.2) is 138 Å². The number of aliphatic hydroxyl groups excluding tert-OH is 4. The van der Waals surface area contributed by atoms with Crippen molar-refractivity contribution < 1.29 is 135 Å². The van der Waals surface area contributed by atoms with Gasteiger partial charge in [-0.2, -0.15) is 0 Å². The molecule has 0 radical (unpaired) electrons. The molecule has 9 fully saturated rings. The van der Waals surface area contributed by atoms with Crippen molar-refractivity contribution in [1.29, 1.82) is 0 Å². The summed E-state index contributed by atoms with van der Waals surface area (Å²) in [6.07, 6.45) is 33.0. The second-order valence-electron chi connectivity index (χ2n) is 38.6. The molecule has 9 aliphatic carbocycles. The molecule has 137 heavy (non-hydrogen) atoms. The summed E-state index contributed by atoms with van der Waals surface area (Å²) in [6.45, 7) is 53.0. The largest absolute Gasteiger partial charge is 0.465 e. The first-order valence-electron chi connectivity index (χ1n) is 49.8. The van der Waals surface area contributed by atoms with E-state index in [4.69, 9.17) is 61.6 Å². The third-order valence-electron chi connectivity index (χ3n) is 27.6. The monoisotopic (exact) mass is 1930 g/mol. The molecule has 1 heterocycles. The number of unbranched alkanes of at least 4 members (excludes halogenated alkanes) is 1. The number of allylic oxidation sites excluding steroid dienone is 2. The van der Waals surface area contributed by atoms with Crippen LogP contribution in [0.2, 0.25) is 0 Å². The highest BCUT2D eigenvalue weighted by atomic mass is 16.7. The lowest BCUT2D eigenvalue weighted by molar-refractivity contribution is -0.280. The highest BCUT2D eigenvalue weighted by Crippen LogP contribution is 2.58. The van der Waals surface area contributed by atoms with Gasteiger partial charge in [-0.25, -0.2) is 28.8 Å². The molecular formula is C109H168O28. The van der Waals surface area contributed by atoms with Crippen LogP contribution in [0, 0.1) is 95.7 Å². The summed E-state index contributed by atoms with van der Waals surface area (Å²) in [4.78, 5) is 125. The number of aryl methyl sites for hydroxylation is 2. The molecule has 20 atom stereocenters.